The third-order valence-electron chi connectivity index (χ3n) is 4.04. The van der Waals surface area contributed by atoms with Gasteiger partial charge in [0, 0.05) is 43.8 Å². The van der Waals surface area contributed by atoms with Crippen molar-refractivity contribution in [1.82, 2.24) is 14.9 Å². The third-order valence-corrected chi connectivity index (χ3v) is 4.04. The lowest BCUT2D eigenvalue weighted by molar-refractivity contribution is 0.181. The normalized spacial score (nSPS) is 19.9. The van der Waals surface area contributed by atoms with Crippen LogP contribution in [0.2, 0.25) is 0 Å². The molecule has 5 heteroatoms. The number of methoxy groups -OCH3 is 1. The van der Waals surface area contributed by atoms with Crippen LogP contribution in [0.15, 0.2) is 6.07 Å². The topological polar surface area (TPSA) is 50.3 Å². The van der Waals surface area contributed by atoms with Crippen LogP contribution in [0.5, 0.6) is 0 Å². The van der Waals surface area contributed by atoms with E-state index in [1.54, 1.807) is 7.11 Å². The van der Waals surface area contributed by atoms with Gasteiger partial charge >= 0.3 is 0 Å². The van der Waals surface area contributed by atoms with Crippen molar-refractivity contribution < 1.29 is 4.74 Å². The van der Waals surface area contributed by atoms with Crippen molar-refractivity contribution in [3.05, 3.63) is 17.6 Å². The molecule has 22 heavy (non-hydrogen) atoms. The predicted octanol–water partition coefficient (Wildman–Crippen LogP) is 2.82. The first kappa shape index (κ1) is 17.2. The second-order valence-electron chi connectivity index (χ2n) is 7.47. The van der Waals surface area contributed by atoms with Gasteiger partial charge in [0.25, 0.3) is 0 Å². The fourth-order valence-electron chi connectivity index (χ4n) is 2.71. The first-order valence-electron chi connectivity index (χ1n) is 8.17. The van der Waals surface area contributed by atoms with E-state index >= 15 is 0 Å². The average molecular weight is 306 g/mol. The molecule has 0 aromatic carbocycles. The fourth-order valence-corrected chi connectivity index (χ4v) is 2.71. The van der Waals surface area contributed by atoms with Crippen LogP contribution in [-0.4, -0.2) is 47.2 Å². The number of hydrogen-bond acceptors (Lipinski definition) is 5. The van der Waals surface area contributed by atoms with Crippen LogP contribution in [0.25, 0.3) is 0 Å². The second-order valence-corrected chi connectivity index (χ2v) is 7.47. The first-order chi connectivity index (χ1) is 10.3. The minimum Gasteiger partial charge on any atom is -0.378 e. The molecule has 1 unspecified atom stereocenters. The molecule has 0 bridgehead atoms. The van der Waals surface area contributed by atoms with Gasteiger partial charge in [0.1, 0.15) is 11.6 Å². The van der Waals surface area contributed by atoms with Crippen LogP contribution in [0.1, 0.15) is 52.6 Å². The summed E-state index contributed by atoms with van der Waals surface area (Å²) in [6.07, 6.45) is 1.16. The van der Waals surface area contributed by atoms with Gasteiger partial charge in [-0.25, -0.2) is 9.97 Å². The highest BCUT2D eigenvalue weighted by Gasteiger charge is 2.25. The van der Waals surface area contributed by atoms with E-state index in [0.29, 0.717) is 18.7 Å². The number of likely N-dealkylation sites (tertiary alicyclic amines) is 1. The highest BCUT2D eigenvalue weighted by molar-refractivity contribution is 5.38. The second kappa shape index (κ2) is 6.92. The Labute approximate surface area is 134 Å². The van der Waals surface area contributed by atoms with Gasteiger partial charge in [0.05, 0.1) is 12.3 Å². The van der Waals surface area contributed by atoms with Crippen LogP contribution in [-0.2, 0) is 16.8 Å². The Balaban J connectivity index is 2.14. The Morgan fingerprint density at radius 3 is 2.64 bits per heavy atom. The van der Waals surface area contributed by atoms with Crippen LogP contribution in [0, 0.1) is 0 Å². The quantitative estimate of drug-likeness (QED) is 0.906. The maximum Gasteiger partial charge on any atom is 0.136 e. The summed E-state index contributed by atoms with van der Waals surface area (Å²) in [6.45, 7) is 13.7. The first-order valence-corrected chi connectivity index (χ1v) is 8.17. The Hall–Kier alpha value is -1.20. The van der Waals surface area contributed by atoms with Crippen LogP contribution < -0.4 is 5.32 Å². The minimum atomic E-state index is -0.0696. The fraction of sp³-hybridized carbons (Fsp3) is 0.765. The molecule has 0 radical (unpaired) electrons. The SMILES string of the molecule is COCc1cc(NC2CCN(C(C)C)C2)nc(C(C)(C)C)n1. The zero-order valence-electron chi connectivity index (χ0n) is 14.8. The van der Waals surface area contributed by atoms with E-state index in [0.717, 1.165) is 36.8 Å². The van der Waals surface area contributed by atoms with Gasteiger partial charge in [0.15, 0.2) is 0 Å². The lowest BCUT2D eigenvalue weighted by atomic mass is 9.95. The molecular weight excluding hydrogens is 276 g/mol. The molecule has 2 rings (SSSR count). The number of hydrogen-bond donors (Lipinski definition) is 1. The van der Waals surface area contributed by atoms with Crippen molar-refractivity contribution in [2.75, 3.05) is 25.5 Å². The summed E-state index contributed by atoms with van der Waals surface area (Å²) in [6, 6.07) is 3.07. The molecule has 0 spiro atoms. The van der Waals surface area contributed by atoms with Crippen molar-refractivity contribution in [3.63, 3.8) is 0 Å². The van der Waals surface area contributed by atoms with Gasteiger partial charge in [-0.2, -0.15) is 0 Å². The van der Waals surface area contributed by atoms with E-state index in [1.807, 2.05) is 6.07 Å². The van der Waals surface area contributed by atoms with Gasteiger partial charge in [-0.3, -0.25) is 4.90 Å². The van der Waals surface area contributed by atoms with E-state index in [9.17, 15) is 0 Å². The van der Waals surface area contributed by atoms with Gasteiger partial charge in [-0.15, -0.1) is 0 Å². The number of nitrogens with one attached hydrogen (secondary N) is 1. The average Bonchev–Trinajstić information content (AvgIpc) is 2.86. The third kappa shape index (κ3) is 4.40. The Bertz CT molecular complexity index is 496. The molecule has 0 aliphatic carbocycles. The van der Waals surface area contributed by atoms with Crippen LogP contribution in [0.4, 0.5) is 5.82 Å². The molecule has 1 saturated heterocycles. The van der Waals surface area contributed by atoms with Crippen molar-refractivity contribution in [3.8, 4) is 0 Å². The maximum atomic E-state index is 5.24. The van der Waals surface area contributed by atoms with Crippen LogP contribution >= 0.6 is 0 Å². The van der Waals surface area contributed by atoms with E-state index in [4.69, 9.17) is 9.72 Å². The predicted molar refractivity (Wildman–Crippen MR) is 90.2 cm³/mol. The number of anilines is 1. The zero-order valence-corrected chi connectivity index (χ0v) is 14.8. The van der Waals surface area contributed by atoms with E-state index < -0.39 is 0 Å². The molecule has 1 aliphatic rings. The monoisotopic (exact) mass is 306 g/mol. The zero-order chi connectivity index (χ0) is 16.3. The summed E-state index contributed by atoms with van der Waals surface area (Å²) in [7, 11) is 1.70. The summed E-state index contributed by atoms with van der Waals surface area (Å²) in [4.78, 5) is 11.8. The molecule has 1 aromatic rings. The molecule has 1 atom stereocenters. The molecule has 2 heterocycles. The summed E-state index contributed by atoms with van der Waals surface area (Å²) < 4.78 is 5.24. The highest BCUT2D eigenvalue weighted by Crippen LogP contribution is 2.22. The van der Waals surface area contributed by atoms with E-state index in [2.05, 4.69) is 49.8 Å². The molecule has 0 saturated carbocycles. The van der Waals surface area contributed by atoms with Crippen molar-refractivity contribution >= 4 is 5.82 Å². The number of aromatic nitrogens is 2. The molecular formula is C17H30N4O. The van der Waals surface area contributed by atoms with Gasteiger partial charge in [-0.1, -0.05) is 20.8 Å². The lowest BCUT2D eigenvalue weighted by Crippen LogP contribution is -2.31. The number of rotatable bonds is 5. The standard InChI is InChI=1S/C17H30N4O/c1-12(2)21-8-7-13(10-21)18-15-9-14(11-22-6)19-16(20-15)17(3,4)5/h9,12-13H,7-8,10-11H2,1-6H3,(H,18,19,20). The highest BCUT2D eigenvalue weighted by atomic mass is 16.5. The van der Waals surface area contributed by atoms with Crippen molar-refractivity contribution in [2.45, 2.75) is 65.1 Å². The molecule has 0 amide bonds. The largest absolute Gasteiger partial charge is 0.378 e. The molecule has 1 fully saturated rings. The van der Waals surface area contributed by atoms with E-state index in [-0.39, 0.29) is 5.41 Å². The smallest absolute Gasteiger partial charge is 0.136 e. The summed E-state index contributed by atoms with van der Waals surface area (Å²) >= 11 is 0. The van der Waals surface area contributed by atoms with Gasteiger partial charge in [0.2, 0.25) is 0 Å². The molecule has 1 N–H and O–H groups in total. The van der Waals surface area contributed by atoms with Crippen molar-refractivity contribution in [1.29, 1.82) is 0 Å². The molecule has 1 aromatic heterocycles. The maximum absolute atomic E-state index is 5.24. The lowest BCUT2D eigenvalue weighted by Gasteiger charge is -2.22. The Morgan fingerprint density at radius 2 is 2.09 bits per heavy atom. The number of nitrogens with zero attached hydrogens (tertiary/aromatic N) is 3. The van der Waals surface area contributed by atoms with Crippen LogP contribution in [0.3, 0.4) is 0 Å². The van der Waals surface area contributed by atoms with Crippen molar-refractivity contribution in [2.24, 2.45) is 0 Å². The minimum absolute atomic E-state index is 0.0696. The Morgan fingerprint density at radius 1 is 1.36 bits per heavy atom. The number of ether oxygens (including phenoxy) is 1. The Kier molecular flexibility index (Phi) is 5.40. The molecule has 124 valence electrons. The summed E-state index contributed by atoms with van der Waals surface area (Å²) in [5, 5.41) is 3.59. The summed E-state index contributed by atoms with van der Waals surface area (Å²) in [5.41, 5.74) is 0.864. The van der Waals surface area contributed by atoms with Gasteiger partial charge < -0.3 is 10.1 Å². The molecule has 5 nitrogen and oxygen atoms in total. The van der Waals surface area contributed by atoms with E-state index in [1.165, 1.54) is 0 Å². The van der Waals surface area contributed by atoms with Gasteiger partial charge in [-0.05, 0) is 20.3 Å². The molecule has 1 aliphatic heterocycles. The summed E-state index contributed by atoms with van der Waals surface area (Å²) in [5.74, 6) is 1.78.